The smallest absolute Gasteiger partial charge is 0.303 e. The molecule has 0 amide bonds. The summed E-state index contributed by atoms with van der Waals surface area (Å²) >= 11 is 0. The molecule has 2 unspecified atom stereocenters. The van der Waals surface area contributed by atoms with Gasteiger partial charge in [0.05, 0.1) is 6.10 Å². The van der Waals surface area contributed by atoms with Crippen molar-refractivity contribution in [3.8, 4) is 0 Å². The second-order valence-corrected chi connectivity index (χ2v) is 5.32. The van der Waals surface area contributed by atoms with Gasteiger partial charge >= 0.3 is 11.9 Å². The largest absolute Gasteiger partial charge is 0.463 e. The number of aliphatic hydroxyl groups is 1. The Morgan fingerprint density at radius 1 is 1.10 bits per heavy atom. The van der Waals surface area contributed by atoms with Crippen molar-refractivity contribution in [2.45, 2.75) is 52.4 Å². The van der Waals surface area contributed by atoms with Gasteiger partial charge in [0.25, 0.3) is 0 Å². The van der Waals surface area contributed by atoms with Crippen molar-refractivity contribution in [1.82, 2.24) is 0 Å². The van der Waals surface area contributed by atoms with Crippen LogP contribution < -0.4 is 0 Å². The van der Waals surface area contributed by atoms with Crippen LogP contribution in [0, 0.1) is 11.8 Å². The molecule has 1 saturated heterocycles. The van der Waals surface area contributed by atoms with Crippen LogP contribution in [-0.4, -0.2) is 48.6 Å². The number of rotatable bonds is 5. The molecule has 1 N–H and O–H groups in total. The van der Waals surface area contributed by atoms with Crippen LogP contribution in [0.4, 0.5) is 0 Å². The number of hydrogen-bond acceptors (Lipinski definition) is 6. The molecular weight excluding hydrogens is 264 g/mol. The Hall–Kier alpha value is -1.14. The van der Waals surface area contributed by atoms with Gasteiger partial charge in [0.15, 0.2) is 0 Å². The molecule has 1 fully saturated rings. The van der Waals surface area contributed by atoms with Crippen LogP contribution in [0.15, 0.2) is 0 Å². The molecule has 5 atom stereocenters. The Kier molecular flexibility index (Phi) is 6.42. The molecule has 0 saturated carbocycles. The van der Waals surface area contributed by atoms with Gasteiger partial charge in [-0.05, 0) is 12.3 Å². The Morgan fingerprint density at radius 2 is 1.75 bits per heavy atom. The molecule has 1 heterocycles. The molecule has 6 heteroatoms. The fraction of sp³-hybridized carbons (Fsp3) is 0.857. The highest BCUT2D eigenvalue weighted by Crippen LogP contribution is 2.34. The lowest BCUT2D eigenvalue weighted by molar-refractivity contribution is -0.207. The molecule has 1 aliphatic rings. The third kappa shape index (κ3) is 4.45. The molecule has 1 rings (SSSR count). The van der Waals surface area contributed by atoms with Crippen molar-refractivity contribution in [3.63, 3.8) is 0 Å². The van der Waals surface area contributed by atoms with Gasteiger partial charge in [0.2, 0.25) is 0 Å². The number of esters is 2. The van der Waals surface area contributed by atoms with Crippen molar-refractivity contribution >= 4 is 11.9 Å². The quantitative estimate of drug-likeness (QED) is 0.757. The minimum Gasteiger partial charge on any atom is -0.463 e. The topological polar surface area (TPSA) is 82.1 Å². The summed E-state index contributed by atoms with van der Waals surface area (Å²) in [6.07, 6.45) is -0.570. The van der Waals surface area contributed by atoms with E-state index in [1.54, 1.807) is 0 Å². The minimum absolute atomic E-state index is 0.0280. The highest BCUT2D eigenvalue weighted by atomic mass is 16.6. The molecule has 0 radical (unpaired) electrons. The zero-order valence-corrected chi connectivity index (χ0v) is 12.5. The van der Waals surface area contributed by atoms with Crippen LogP contribution in [-0.2, 0) is 23.8 Å². The predicted octanol–water partition coefficient (Wildman–Crippen LogP) is 0.903. The molecule has 0 aromatic heterocycles. The summed E-state index contributed by atoms with van der Waals surface area (Å²) in [4.78, 5) is 22.2. The first-order chi connectivity index (χ1) is 9.36. The van der Waals surface area contributed by atoms with Crippen LogP contribution in [0.5, 0.6) is 0 Å². The third-order valence-corrected chi connectivity index (χ3v) is 3.82. The monoisotopic (exact) mass is 288 g/mol. The second kappa shape index (κ2) is 7.59. The Bertz CT molecular complexity index is 343. The van der Waals surface area contributed by atoms with Gasteiger partial charge in [0, 0.05) is 26.4 Å². The van der Waals surface area contributed by atoms with Crippen LogP contribution in [0.3, 0.4) is 0 Å². The maximum atomic E-state index is 11.2. The van der Waals surface area contributed by atoms with Crippen LogP contribution in [0.25, 0.3) is 0 Å². The molecule has 116 valence electrons. The fourth-order valence-electron chi connectivity index (χ4n) is 2.57. The molecule has 0 aromatic rings. The number of ether oxygens (including phenoxy) is 3. The molecule has 0 spiro atoms. The lowest BCUT2D eigenvalue weighted by Gasteiger charge is -2.43. The second-order valence-electron chi connectivity index (χ2n) is 5.32. The van der Waals surface area contributed by atoms with Gasteiger partial charge in [0.1, 0.15) is 18.8 Å². The summed E-state index contributed by atoms with van der Waals surface area (Å²) in [7, 11) is 0. The first-order valence-electron chi connectivity index (χ1n) is 6.93. The van der Waals surface area contributed by atoms with E-state index in [0.29, 0.717) is 6.42 Å². The van der Waals surface area contributed by atoms with E-state index in [-0.39, 0.29) is 37.1 Å². The predicted molar refractivity (Wildman–Crippen MR) is 70.9 cm³/mol. The maximum absolute atomic E-state index is 11.2. The van der Waals surface area contributed by atoms with E-state index < -0.39 is 18.2 Å². The summed E-state index contributed by atoms with van der Waals surface area (Å²) in [6.45, 7) is 6.73. The summed E-state index contributed by atoms with van der Waals surface area (Å²) in [5, 5.41) is 9.09. The average molecular weight is 288 g/mol. The summed E-state index contributed by atoms with van der Waals surface area (Å²) in [5.41, 5.74) is 0. The number of carbonyl (C=O) groups is 2. The molecule has 0 bridgehead atoms. The number of carbonyl (C=O) groups excluding carboxylic acids is 2. The van der Waals surface area contributed by atoms with E-state index in [4.69, 9.17) is 19.3 Å². The van der Waals surface area contributed by atoms with Crippen molar-refractivity contribution in [3.05, 3.63) is 0 Å². The van der Waals surface area contributed by atoms with Gasteiger partial charge in [-0.3, -0.25) is 9.59 Å². The normalized spacial score (nSPS) is 33.5. The van der Waals surface area contributed by atoms with Gasteiger partial charge < -0.3 is 19.3 Å². The Labute approximate surface area is 119 Å². The number of aliphatic hydroxyl groups excluding tert-OH is 1. The molecule has 6 nitrogen and oxygen atoms in total. The summed E-state index contributed by atoms with van der Waals surface area (Å²) < 4.78 is 16.2. The Morgan fingerprint density at radius 3 is 2.25 bits per heavy atom. The van der Waals surface area contributed by atoms with E-state index >= 15 is 0 Å². The molecular formula is C14H24O6. The van der Waals surface area contributed by atoms with E-state index in [9.17, 15) is 9.59 Å². The standard InChI is InChI=1S/C14H24O6/c1-8-9(2)14(19-11(4)17)13(7-18-10(3)16)20-12(8)5-6-15/h8-9,12-15H,5-7H2,1-4H3/t8?,9-,12-,13?,14-/m1/s1. The Balaban J connectivity index is 2.80. The van der Waals surface area contributed by atoms with E-state index in [1.165, 1.54) is 13.8 Å². The molecule has 1 aliphatic heterocycles. The molecule has 0 aromatic carbocycles. The lowest BCUT2D eigenvalue weighted by atomic mass is 9.80. The van der Waals surface area contributed by atoms with E-state index in [2.05, 4.69) is 0 Å². The maximum Gasteiger partial charge on any atom is 0.303 e. The van der Waals surface area contributed by atoms with E-state index in [0.717, 1.165) is 0 Å². The van der Waals surface area contributed by atoms with Crippen molar-refractivity contribution in [2.75, 3.05) is 13.2 Å². The van der Waals surface area contributed by atoms with Crippen molar-refractivity contribution < 1.29 is 28.9 Å². The van der Waals surface area contributed by atoms with Crippen LogP contribution in [0.2, 0.25) is 0 Å². The van der Waals surface area contributed by atoms with Crippen LogP contribution >= 0.6 is 0 Å². The van der Waals surface area contributed by atoms with Gasteiger partial charge in [-0.15, -0.1) is 0 Å². The first kappa shape index (κ1) is 16.9. The fourth-order valence-corrected chi connectivity index (χ4v) is 2.57. The molecule has 0 aliphatic carbocycles. The average Bonchev–Trinajstić information content (AvgIpc) is 2.36. The van der Waals surface area contributed by atoms with Crippen LogP contribution in [0.1, 0.15) is 34.1 Å². The highest BCUT2D eigenvalue weighted by molar-refractivity contribution is 5.66. The third-order valence-electron chi connectivity index (χ3n) is 3.82. The number of hydrogen-bond donors (Lipinski definition) is 1. The highest BCUT2D eigenvalue weighted by Gasteiger charge is 2.43. The van der Waals surface area contributed by atoms with Gasteiger partial charge in [-0.1, -0.05) is 13.8 Å². The lowest BCUT2D eigenvalue weighted by Crippen LogP contribution is -2.53. The van der Waals surface area contributed by atoms with Gasteiger partial charge in [-0.25, -0.2) is 0 Å². The molecule has 20 heavy (non-hydrogen) atoms. The zero-order chi connectivity index (χ0) is 15.3. The first-order valence-corrected chi connectivity index (χ1v) is 6.93. The van der Waals surface area contributed by atoms with E-state index in [1.807, 2.05) is 13.8 Å². The van der Waals surface area contributed by atoms with Crippen molar-refractivity contribution in [2.24, 2.45) is 11.8 Å². The SMILES string of the molecule is CC(=O)OCC1O[C@H](CCO)C(C)[C@@H](C)[C@H]1OC(C)=O. The minimum atomic E-state index is -0.495. The summed E-state index contributed by atoms with van der Waals surface area (Å²) in [6, 6.07) is 0. The van der Waals surface area contributed by atoms with Gasteiger partial charge in [-0.2, -0.15) is 0 Å². The zero-order valence-electron chi connectivity index (χ0n) is 12.5. The van der Waals surface area contributed by atoms with Crippen molar-refractivity contribution in [1.29, 1.82) is 0 Å². The summed E-state index contributed by atoms with van der Waals surface area (Å²) in [5.74, 6) is -0.587.